The number of hydrogen-bond donors (Lipinski definition) is 0. The van der Waals surface area contributed by atoms with E-state index in [9.17, 15) is 0 Å². The Bertz CT molecular complexity index is 1700. The van der Waals surface area contributed by atoms with E-state index >= 15 is 0 Å². The Hall–Kier alpha value is -3.06. The third-order valence-corrected chi connectivity index (χ3v) is 7.63. The molecule has 1 atom stereocenters. The summed E-state index contributed by atoms with van der Waals surface area (Å²) in [4.78, 5) is 0. The first-order valence-electron chi connectivity index (χ1n) is 13.6. The van der Waals surface area contributed by atoms with Crippen molar-refractivity contribution in [3.8, 4) is 22.3 Å². The van der Waals surface area contributed by atoms with Gasteiger partial charge in [0.25, 0.3) is 0 Å². The van der Waals surface area contributed by atoms with Gasteiger partial charge in [-0.3, -0.25) is 0 Å². The van der Waals surface area contributed by atoms with Crippen LogP contribution in [0.25, 0.3) is 43.8 Å². The maximum atomic E-state index is 3.06. The van der Waals surface area contributed by atoms with Gasteiger partial charge in [-0.25, -0.2) is 0 Å². The molecule has 0 amide bonds. The summed E-state index contributed by atoms with van der Waals surface area (Å²) in [7, 11) is 0. The van der Waals surface area contributed by atoms with Crippen molar-refractivity contribution in [3.05, 3.63) is 159 Å². The fraction of sp³-hybridized carbons (Fsp3) is 0.128. The molecule has 0 bridgehead atoms. The first-order valence-corrected chi connectivity index (χ1v) is 17.7. The van der Waals surface area contributed by atoms with Gasteiger partial charge < -0.3 is 14.9 Å². The SMILES string of the molecule is C1=CC(c2cc3c(-c4ccccc4)cccc3[cH-]2)CC1.Cc1cc2c(-c3ccccc3)ccc(C)c2[cH-]1.[CH3-].[CH3-].[Si]=[Zr]. The van der Waals surface area contributed by atoms with E-state index in [1.54, 1.807) is 0 Å². The van der Waals surface area contributed by atoms with E-state index in [1.807, 2.05) is 0 Å². The third-order valence-electron chi connectivity index (χ3n) is 7.63. The third kappa shape index (κ3) is 7.24. The van der Waals surface area contributed by atoms with Crippen LogP contribution in [0.2, 0.25) is 0 Å². The van der Waals surface area contributed by atoms with Gasteiger partial charge in [-0.2, -0.15) is 12.1 Å². The van der Waals surface area contributed by atoms with Crippen molar-refractivity contribution in [2.75, 3.05) is 0 Å². The summed E-state index contributed by atoms with van der Waals surface area (Å²) in [6.07, 6.45) is 7.14. The second-order valence-corrected chi connectivity index (χ2v) is 10.2. The van der Waals surface area contributed by atoms with Gasteiger partial charge in [-0.15, -0.1) is 68.6 Å². The Labute approximate surface area is 264 Å². The second kappa shape index (κ2) is 15.2. The monoisotopic (exact) mass is 624 g/mol. The molecule has 0 aliphatic heterocycles. The van der Waals surface area contributed by atoms with Crippen LogP contribution in [0.4, 0.5) is 0 Å². The van der Waals surface area contributed by atoms with Crippen LogP contribution in [-0.4, -0.2) is 6.88 Å². The average molecular weight is 626 g/mol. The number of hydrogen-bond acceptors (Lipinski definition) is 0. The van der Waals surface area contributed by atoms with Crippen LogP contribution in [0.1, 0.15) is 35.4 Å². The molecule has 0 nitrogen and oxygen atoms in total. The van der Waals surface area contributed by atoms with Crippen LogP contribution in [0.15, 0.2) is 127 Å². The van der Waals surface area contributed by atoms with Crippen molar-refractivity contribution in [2.24, 2.45) is 0 Å². The molecule has 6 aromatic rings. The summed E-state index contributed by atoms with van der Waals surface area (Å²) >= 11 is 1.36. The zero-order chi connectivity index (χ0) is 27.2. The molecule has 206 valence electrons. The molecule has 0 spiro atoms. The average Bonchev–Trinajstić information content (AvgIpc) is 3.75. The summed E-state index contributed by atoms with van der Waals surface area (Å²) < 4.78 is 0. The van der Waals surface area contributed by atoms with Crippen LogP contribution < -0.4 is 0 Å². The number of aryl methyl sites for hydroxylation is 2. The zero-order valence-corrected chi connectivity index (χ0v) is 28.1. The Morgan fingerprint density at radius 3 is 1.93 bits per heavy atom. The molecule has 1 unspecified atom stereocenters. The standard InChI is InChI=1S/C20H17.C17H15.2CH3.Si.Zr/c1-2-9-16(10-3-1)19-12-6-11-17-13-18(14-20(17)19)15-7-4-5-8-15;1-12-10-16-13(2)8-9-15(17(16)11-12)14-6-4-3-5-7-14;;;;/h1-4,6-7,9-15H,5,8H2;3-11H,1-2H3;2*1H3;;/q4*-1;;. The number of benzene rings is 4. The molecule has 2 heteroatoms. The van der Waals surface area contributed by atoms with Crippen LogP contribution >= 0.6 is 0 Å². The summed E-state index contributed by atoms with van der Waals surface area (Å²) in [5, 5.41) is 5.49. The molecule has 0 heterocycles. The first-order chi connectivity index (χ1) is 19.2. The van der Waals surface area contributed by atoms with E-state index in [4.69, 9.17) is 0 Å². The molecule has 1 aliphatic carbocycles. The predicted octanol–water partition coefficient (Wildman–Crippen LogP) is 11.0. The normalized spacial score (nSPS) is 13.3. The summed E-state index contributed by atoms with van der Waals surface area (Å²) in [5.74, 6) is 0.617. The van der Waals surface area contributed by atoms with Gasteiger partial charge in [-0.1, -0.05) is 110 Å². The van der Waals surface area contributed by atoms with Crippen LogP contribution in [0.5, 0.6) is 0 Å². The van der Waals surface area contributed by atoms with Gasteiger partial charge in [-0.05, 0) is 29.9 Å². The fourth-order valence-corrected chi connectivity index (χ4v) is 5.71. The molecular weight excluding hydrogens is 588 g/mol. The second-order valence-electron chi connectivity index (χ2n) is 10.2. The van der Waals surface area contributed by atoms with Crippen molar-refractivity contribution < 1.29 is 23.3 Å². The van der Waals surface area contributed by atoms with Crippen molar-refractivity contribution in [1.29, 1.82) is 0 Å². The van der Waals surface area contributed by atoms with E-state index in [1.165, 1.54) is 96.7 Å². The van der Waals surface area contributed by atoms with Crippen molar-refractivity contribution in [1.82, 2.24) is 0 Å². The molecule has 2 radical (unpaired) electrons. The predicted molar refractivity (Wildman–Crippen MR) is 179 cm³/mol. The number of fused-ring (bicyclic) bond motifs is 2. The van der Waals surface area contributed by atoms with Crippen LogP contribution in [0, 0.1) is 28.7 Å². The molecule has 41 heavy (non-hydrogen) atoms. The van der Waals surface area contributed by atoms with Crippen LogP contribution in [0.3, 0.4) is 0 Å². The van der Waals surface area contributed by atoms with Gasteiger partial charge in [0.2, 0.25) is 0 Å². The van der Waals surface area contributed by atoms with Crippen molar-refractivity contribution >= 4 is 28.4 Å². The van der Waals surface area contributed by atoms with Gasteiger partial charge in [0.15, 0.2) is 0 Å². The summed E-state index contributed by atoms with van der Waals surface area (Å²) in [6.45, 7) is 7.40. The van der Waals surface area contributed by atoms with Gasteiger partial charge >= 0.3 is 30.2 Å². The van der Waals surface area contributed by atoms with Gasteiger partial charge in [0.1, 0.15) is 0 Å². The van der Waals surface area contributed by atoms with E-state index < -0.39 is 0 Å². The van der Waals surface area contributed by atoms with E-state index in [2.05, 4.69) is 148 Å². The molecule has 0 fully saturated rings. The quantitative estimate of drug-likeness (QED) is 0.104. The molecule has 0 saturated heterocycles. The van der Waals surface area contributed by atoms with Crippen molar-refractivity contribution in [3.63, 3.8) is 0 Å². The molecule has 0 N–H and O–H groups in total. The fourth-order valence-electron chi connectivity index (χ4n) is 5.71. The van der Waals surface area contributed by atoms with Gasteiger partial charge in [0, 0.05) is 0 Å². The van der Waals surface area contributed by atoms with Crippen molar-refractivity contribution in [2.45, 2.75) is 32.6 Å². The molecule has 7 rings (SSSR count). The molecule has 0 aromatic heterocycles. The van der Waals surface area contributed by atoms with E-state index in [-0.39, 0.29) is 14.9 Å². The summed E-state index contributed by atoms with van der Waals surface area (Å²) in [6, 6.07) is 41.6. The molecular formula is C39H38SiZr-4. The van der Waals surface area contributed by atoms with Gasteiger partial charge in [0.05, 0.1) is 0 Å². The zero-order valence-electron chi connectivity index (χ0n) is 24.6. The minimum atomic E-state index is 0. The van der Waals surface area contributed by atoms with E-state index in [0.29, 0.717) is 5.92 Å². The number of rotatable bonds is 3. The Kier molecular flexibility index (Phi) is 12.1. The summed E-state index contributed by atoms with van der Waals surface area (Å²) in [5.41, 5.74) is 9.44. The molecule has 6 aromatic carbocycles. The first kappa shape index (κ1) is 32.5. The Balaban J connectivity index is 0.000000206. The van der Waals surface area contributed by atoms with E-state index in [0.717, 1.165) is 0 Å². The minimum absolute atomic E-state index is 0. The Morgan fingerprint density at radius 2 is 1.32 bits per heavy atom. The van der Waals surface area contributed by atoms with Crippen LogP contribution in [-0.2, 0) is 23.3 Å². The molecule has 1 aliphatic rings. The Morgan fingerprint density at radius 1 is 0.683 bits per heavy atom. The topological polar surface area (TPSA) is 0 Å². The molecule has 0 saturated carbocycles. The number of allylic oxidation sites excluding steroid dienone is 2. The maximum absolute atomic E-state index is 3.06.